The molecule has 0 aliphatic carbocycles. The average molecular weight is 309 g/mol. The Morgan fingerprint density at radius 2 is 2.00 bits per heavy atom. The fourth-order valence-electron chi connectivity index (χ4n) is 2.12. The van der Waals surface area contributed by atoms with Crippen LogP contribution >= 0.6 is 11.8 Å². The lowest BCUT2D eigenvalue weighted by atomic mass is 10.1. The van der Waals surface area contributed by atoms with Crippen molar-refractivity contribution in [2.75, 3.05) is 12.3 Å². The van der Waals surface area contributed by atoms with E-state index in [9.17, 15) is 4.79 Å². The van der Waals surface area contributed by atoms with Crippen LogP contribution in [0.5, 0.6) is 0 Å². The van der Waals surface area contributed by atoms with Crippen LogP contribution in [-0.2, 0) is 11.2 Å². The van der Waals surface area contributed by atoms with Crippen molar-refractivity contribution in [2.24, 2.45) is 9.98 Å². The molecule has 0 fully saturated rings. The number of rotatable bonds is 5. The molecule has 110 valence electrons. The number of thioether (sulfide) groups is 1. The van der Waals surface area contributed by atoms with Crippen molar-refractivity contribution in [3.8, 4) is 0 Å². The number of amidine groups is 1. The molecule has 0 unspecified atom stereocenters. The number of carbonyl (C=O) groups excluding carboxylic acids is 1. The minimum atomic E-state index is 0.184. The van der Waals surface area contributed by atoms with E-state index in [-0.39, 0.29) is 5.78 Å². The number of hydrogen-bond acceptors (Lipinski definition) is 5. The zero-order valence-electron chi connectivity index (χ0n) is 12.0. The molecule has 4 nitrogen and oxygen atoms in total. The number of hydrogen-bond donors (Lipinski definition) is 0. The highest BCUT2D eigenvalue weighted by Crippen LogP contribution is 2.15. The van der Waals surface area contributed by atoms with Gasteiger partial charge in [0.1, 0.15) is 5.78 Å². The molecule has 5 heteroatoms. The average Bonchev–Trinajstić information content (AvgIpc) is 3.04. The van der Waals surface area contributed by atoms with Gasteiger partial charge in [0.2, 0.25) is 0 Å². The molecule has 0 bridgehead atoms. The predicted octanol–water partition coefficient (Wildman–Crippen LogP) is 2.79. The molecule has 1 aromatic heterocycles. The maximum atomic E-state index is 12.0. The van der Waals surface area contributed by atoms with Gasteiger partial charge in [0, 0.05) is 24.4 Å². The van der Waals surface area contributed by atoms with Gasteiger partial charge in [-0.3, -0.25) is 14.8 Å². The van der Waals surface area contributed by atoms with Crippen LogP contribution in [0.4, 0.5) is 0 Å². The summed E-state index contributed by atoms with van der Waals surface area (Å²) < 4.78 is 0. The molecule has 1 aliphatic heterocycles. The Kier molecular flexibility index (Phi) is 4.75. The first kappa shape index (κ1) is 14.7. The van der Waals surface area contributed by atoms with E-state index < -0.39 is 0 Å². The summed E-state index contributed by atoms with van der Waals surface area (Å²) in [5, 5.41) is 0.681. The normalized spacial score (nSPS) is 13.6. The summed E-state index contributed by atoms with van der Waals surface area (Å²) in [7, 11) is 0. The Labute approximate surface area is 133 Å². The quantitative estimate of drug-likeness (QED) is 0.853. The first-order valence-electron chi connectivity index (χ1n) is 7.02. The molecule has 1 aliphatic rings. The largest absolute Gasteiger partial charge is 0.298 e. The van der Waals surface area contributed by atoms with E-state index in [1.807, 2.05) is 42.5 Å². The molecule has 3 rings (SSSR count). The molecule has 0 radical (unpaired) electrons. The number of aliphatic imine (C=N–C) groups is 2. The van der Waals surface area contributed by atoms with Crippen LogP contribution in [0.3, 0.4) is 0 Å². The number of aromatic nitrogens is 1. The summed E-state index contributed by atoms with van der Waals surface area (Å²) in [6.45, 7) is 0.556. The van der Waals surface area contributed by atoms with E-state index in [1.165, 1.54) is 11.8 Å². The van der Waals surface area contributed by atoms with E-state index >= 15 is 0 Å². The summed E-state index contributed by atoms with van der Waals surface area (Å²) in [6, 6.07) is 13.6. The first-order chi connectivity index (χ1) is 10.8. The number of carbonyl (C=O) groups is 1. The number of benzene rings is 1. The van der Waals surface area contributed by atoms with Crippen LogP contribution in [0.2, 0.25) is 0 Å². The second-order valence-electron chi connectivity index (χ2n) is 4.89. The van der Waals surface area contributed by atoms with Gasteiger partial charge in [-0.05, 0) is 17.7 Å². The van der Waals surface area contributed by atoms with Crippen LogP contribution in [0.1, 0.15) is 11.1 Å². The molecule has 1 aromatic carbocycles. The first-order valence-corrected chi connectivity index (χ1v) is 8.00. The Bertz CT molecular complexity index is 711. The summed E-state index contributed by atoms with van der Waals surface area (Å²) >= 11 is 1.40. The molecule has 0 amide bonds. The van der Waals surface area contributed by atoms with Crippen molar-refractivity contribution < 1.29 is 4.79 Å². The monoisotopic (exact) mass is 309 g/mol. The summed E-state index contributed by atoms with van der Waals surface area (Å²) in [4.78, 5) is 24.9. The van der Waals surface area contributed by atoms with Gasteiger partial charge in [0.05, 0.1) is 18.0 Å². The number of pyridine rings is 1. The minimum Gasteiger partial charge on any atom is -0.298 e. The van der Waals surface area contributed by atoms with Crippen LogP contribution in [0.25, 0.3) is 0 Å². The second-order valence-corrected chi connectivity index (χ2v) is 5.83. The zero-order valence-corrected chi connectivity index (χ0v) is 12.8. The van der Waals surface area contributed by atoms with Crippen molar-refractivity contribution in [3.05, 3.63) is 66.0 Å². The fraction of sp³-hybridized carbons (Fsp3) is 0.176. The molecule has 0 saturated heterocycles. The van der Waals surface area contributed by atoms with Gasteiger partial charge in [-0.2, -0.15) is 0 Å². The number of Topliss-reactive ketones (excluding diaryl/α,β-unsaturated/α-hetero) is 1. The van der Waals surface area contributed by atoms with Crippen molar-refractivity contribution in [3.63, 3.8) is 0 Å². The zero-order chi connectivity index (χ0) is 15.2. The number of nitrogens with zero attached hydrogens (tertiary/aromatic N) is 3. The lowest BCUT2D eigenvalue weighted by Crippen LogP contribution is -2.07. The highest BCUT2D eigenvalue weighted by molar-refractivity contribution is 8.14. The number of ketones is 1. The van der Waals surface area contributed by atoms with Gasteiger partial charge in [0.25, 0.3) is 0 Å². The fourth-order valence-corrected chi connectivity index (χ4v) is 2.84. The Morgan fingerprint density at radius 1 is 1.14 bits per heavy atom. The molecule has 0 N–H and O–H groups in total. The van der Waals surface area contributed by atoms with Gasteiger partial charge < -0.3 is 0 Å². The van der Waals surface area contributed by atoms with Gasteiger partial charge >= 0.3 is 0 Å². The van der Waals surface area contributed by atoms with E-state index in [0.717, 1.165) is 16.8 Å². The van der Waals surface area contributed by atoms with Gasteiger partial charge in [-0.1, -0.05) is 42.1 Å². The van der Waals surface area contributed by atoms with Crippen molar-refractivity contribution in [1.82, 2.24) is 4.98 Å². The standard InChI is InChI=1S/C17H15N3OS/c21-15(9-13-5-2-1-3-6-13)12-22-17-19-11-16(20-17)14-7-4-8-18-10-14/h1-8,10H,9,11-12H2. The molecule has 0 saturated carbocycles. The van der Waals surface area contributed by atoms with Crippen LogP contribution in [0.15, 0.2) is 64.8 Å². The third-order valence-corrected chi connectivity index (χ3v) is 4.14. The minimum absolute atomic E-state index is 0.184. The molecule has 2 aromatic rings. The highest BCUT2D eigenvalue weighted by Gasteiger charge is 2.14. The lowest BCUT2D eigenvalue weighted by molar-refractivity contribution is -0.115. The van der Waals surface area contributed by atoms with Gasteiger partial charge in [-0.15, -0.1) is 0 Å². The summed E-state index contributed by atoms with van der Waals surface area (Å²) in [5.74, 6) is 0.585. The predicted molar refractivity (Wildman–Crippen MR) is 90.7 cm³/mol. The maximum absolute atomic E-state index is 12.0. The molecule has 22 heavy (non-hydrogen) atoms. The topological polar surface area (TPSA) is 54.7 Å². The second kappa shape index (κ2) is 7.13. The summed E-state index contributed by atoms with van der Waals surface area (Å²) in [5.41, 5.74) is 2.93. The lowest BCUT2D eigenvalue weighted by Gasteiger charge is -2.00. The van der Waals surface area contributed by atoms with E-state index in [4.69, 9.17) is 0 Å². The third kappa shape index (κ3) is 3.89. The van der Waals surface area contributed by atoms with E-state index in [1.54, 1.807) is 12.4 Å². The highest BCUT2D eigenvalue weighted by atomic mass is 32.2. The molecular formula is C17H15N3OS. The van der Waals surface area contributed by atoms with Crippen molar-refractivity contribution in [2.45, 2.75) is 6.42 Å². The Balaban J connectivity index is 1.52. The molecular weight excluding hydrogens is 294 g/mol. The van der Waals surface area contributed by atoms with Gasteiger partial charge in [0.15, 0.2) is 5.17 Å². The smallest absolute Gasteiger partial charge is 0.184 e. The van der Waals surface area contributed by atoms with Gasteiger partial charge in [-0.25, -0.2) is 4.99 Å². The third-order valence-electron chi connectivity index (χ3n) is 3.20. The van der Waals surface area contributed by atoms with Crippen LogP contribution in [0, 0.1) is 0 Å². The van der Waals surface area contributed by atoms with Crippen LogP contribution in [-0.4, -0.2) is 33.9 Å². The van der Waals surface area contributed by atoms with Crippen molar-refractivity contribution in [1.29, 1.82) is 0 Å². The molecule has 0 spiro atoms. The molecule has 0 atom stereocenters. The SMILES string of the molecule is O=C(CSC1=NCC(c2cccnc2)=N1)Cc1ccccc1. The molecule has 2 heterocycles. The van der Waals surface area contributed by atoms with Crippen molar-refractivity contribution >= 4 is 28.4 Å². The Morgan fingerprint density at radius 3 is 2.77 bits per heavy atom. The van der Waals surface area contributed by atoms with E-state index in [2.05, 4.69) is 15.0 Å². The van der Waals surface area contributed by atoms with E-state index in [0.29, 0.717) is 23.9 Å². The Hall–Kier alpha value is -2.27. The maximum Gasteiger partial charge on any atom is 0.184 e. The summed E-state index contributed by atoms with van der Waals surface area (Å²) in [6.07, 6.45) is 3.97. The van der Waals surface area contributed by atoms with Crippen LogP contribution < -0.4 is 0 Å².